The standard InChI is InChI=1S/C19H20FN3O2/c20-15-5-1-13(2-6-15)11-12-21-19(25)23-17-7-3-14(4-8-17)18(24)22-16-9-10-16/h1-8,16H,9-12H2,(H,22,24)(H2,21,23,25). The van der Waals surface area contributed by atoms with E-state index in [2.05, 4.69) is 16.0 Å². The van der Waals surface area contributed by atoms with Crippen molar-refractivity contribution in [2.24, 2.45) is 0 Å². The third kappa shape index (κ3) is 5.31. The van der Waals surface area contributed by atoms with Crippen LogP contribution in [0.1, 0.15) is 28.8 Å². The van der Waals surface area contributed by atoms with Crippen molar-refractivity contribution in [1.29, 1.82) is 0 Å². The second kappa shape index (κ2) is 7.79. The van der Waals surface area contributed by atoms with E-state index >= 15 is 0 Å². The molecular weight excluding hydrogens is 321 g/mol. The maximum Gasteiger partial charge on any atom is 0.319 e. The van der Waals surface area contributed by atoms with Gasteiger partial charge in [-0.15, -0.1) is 0 Å². The number of hydrogen-bond acceptors (Lipinski definition) is 2. The van der Waals surface area contributed by atoms with Gasteiger partial charge >= 0.3 is 6.03 Å². The van der Waals surface area contributed by atoms with Crippen LogP contribution in [0.25, 0.3) is 0 Å². The molecule has 2 aromatic carbocycles. The first-order valence-corrected chi connectivity index (χ1v) is 8.30. The SMILES string of the molecule is O=C(NCCc1ccc(F)cc1)Nc1ccc(C(=O)NC2CC2)cc1. The van der Waals surface area contributed by atoms with E-state index in [-0.39, 0.29) is 17.8 Å². The van der Waals surface area contributed by atoms with Crippen molar-refractivity contribution in [3.05, 3.63) is 65.5 Å². The molecule has 3 N–H and O–H groups in total. The van der Waals surface area contributed by atoms with E-state index in [4.69, 9.17) is 0 Å². The van der Waals surface area contributed by atoms with Crippen molar-refractivity contribution in [3.63, 3.8) is 0 Å². The Morgan fingerprint density at radius 1 is 1.00 bits per heavy atom. The first kappa shape index (κ1) is 17.0. The third-order valence-electron chi connectivity index (χ3n) is 3.93. The summed E-state index contributed by atoms with van der Waals surface area (Å²) >= 11 is 0. The highest BCUT2D eigenvalue weighted by Crippen LogP contribution is 2.19. The van der Waals surface area contributed by atoms with Crippen LogP contribution < -0.4 is 16.0 Å². The van der Waals surface area contributed by atoms with Crippen molar-refractivity contribution in [2.75, 3.05) is 11.9 Å². The molecule has 0 aliphatic heterocycles. The summed E-state index contributed by atoms with van der Waals surface area (Å²) < 4.78 is 12.8. The van der Waals surface area contributed by atoms with Gasteiger partial charge in [-0.3, -0.25) is 4.79 Å². The van der Waals surface area contributed by atoms with Crippen LogP contribution in [0.5, 0.6) is 0 Å². The zero-order valence-electron chi connectivity index (χ0n) is 13.7. The molecule has 0 bridgehead atoms. The normalized spacial score (nSPS) is 13.2. The van der Waals surface area contributed by atoms with Crippen LogP contribution in [0.15, 0.2) is 48.5 Å². The largest absolute Gasteiger partial charge is 0.349 e. The van der Waals surface area contributed by atoms with Crippen LogP contribution in [-0.4, -0.2) is 24.5 Å². The van der Waals surface area contributed by atoms with Crippen molar-refractivity contribution in [3.8, 4) is 0 Å². The minimum absolute atomic E-state index is 0.0854. The fourth-order valence-electron chi connectivity index (χ4n) is 2.35. The van der Waals surface area contributed by atoms with E-state index in [0.717, 1.165) is 18.4 Å². The number of rotatable bonds is 6. The molecule has 0 heterocycles. The van der Waals surface area contributed by atoms with Crippen LogP contribution in [0.4, 0.5) is 14.9 Å². The van der Waals surface area contributed by atoms with Crippen molar-refractivity contribution in [2.45, 2.75) is 25.3 Å². The number of hydrogen-bond donors (Lipinski definition) is 3. The van der Waals surface area contributed by atoms with Crippen LogP contribution in [0.3, 0.4) is 0 Å². The van der Waals surface area contributed by atoms with E-state index in [9.17, 15) is 14.0 Å². The molecule has 1 aliphatic rings. The van der Waals surface area contributed by atoms with Gasteiger partial charge in [0, 0.05) is 23.8 Å². The van der Waals surface area contributed by atoms with Gasteiger partial charge in [-0.25, -0.2) is 9.18 Å². The topological polar surface area (TPSA) is 70.2 Å². The number of carbonyl (C=O) groups excluding carboxylic acids is 2. The summed E-state index contributed by atoms with van der Waals surface area (Å²) in [6.45, 7) is 0.444. The highest BCUT2D eigenvalue weighted by molar-refractivity contribution is 5.95. The van der Waals surface area contributed by atoms with E-state index in [1.807, 2.05) is 0 Å². The van der Waals surface area contributed by atoms with Crippen LogP contribution in [0, 0.1) is 5.82 Å². The molecular formula is C19H20FN3O2. The predicted octanol–water partition coefficient (Wildman–Crippen LogP) is 3.08. The maximum atomic E-state index is 12.8. The lowest BCUT2D eigenvalue weighted by Gasteiger charge is -2.09. The highest BCUT2D eigenvalue weighted by atomic mass is 19.1. The summed E-state index contributed by atoms with van der Waals surface area (Å²) in [5.74, 6) is -0.360. The van der Waals surface area contributed by atoms with Gasteiger partial charge in [-0.05, 0) is 61.2 Å². The molecule has 3 amide bonds. The molecule has 0 spiro atoms. The molecule has 3 rings (SSSR count). The summed E-state index contributed by atoms with van der Waals surface area (Å²) in [5.41, 5.74) is 2.14. The van der Waals surface area contributed by atoms with Crippen LogP contribution in [0.2, 0.25) is 0 Å². The van der Waals surface area contributed by atoms with Gasteiger partial charge in [-0.1, -0.05) is 12.1 Å². The summed E-state index contributed by atoms with van der Waals surface area (Å²) in [4.78, 5) is 23.8. The molecule has 2 aromatic rings. The monoisotopic (exact) mass is 341 g/mol. The Kier molecular flexibility index (Phi) is 5.28. The summed E-state index contributed by atoms with van der Waals surface area (Å²) in [6.07, 6.45) is 2.71. The average Bonchev–Trinajstić information content (AvgIpc) is 3.41. The molecule has 0 saturated heterocycles. The Labute approximate surface area is 145 Å². The summed E-state index contributed by atoms with van der Waals surface area (Å²) in [5, 5.41) is 8.37. The zero-order valence-corrected chi connectivity index (χ0v) is 13.7. The van der Waals surface area contributed by atoms with Gasteiger partial charge in [-0.2, -0.15) is 0 Å². The molecule has 0 radical (unpaired) electrons. The number of halogens is 1. The minimum Gasteiger partial charge on any atom is -0.349 e. The lowest BCUT2D eigenvalue weighted by atomic mass is 10.1. The van der Waals surface area contributed by atoms with E-state index in [1.165, 1.54) is 12.1 Å². The van der Waals surface area contributed by atoms with Gasteiger partial charge in [0.25, 0.3) is 5.91 Å². The van der Waals surface area contributed by atoms with Gasteiger partial charge < -0.3 is 16.0 Å². The number of amides is 3. The molecule has 130 valence electrons. The Morgan fingerprint density at radius 3 is 2.32 bits per heavy atom. The molecule has 6 heteroatoms. The second-order valence-electron chi connectivity index (χ2n) is 6.08. The maximum absolute atomic E-state index is 12.8. The molecule has 0 aromatic heterocycles. The Balaban J connectivity index is 1.42. The highest BCUT2D eigenvalue weighted by Gasteiger charge is 2.23. The van der Waals surface area contributed by atoms with Gasteiger partial charge in [0.05, 0.1) is 0 Å². The van der Waals surface area contributed by atoms with E-state index in [1.54, 1.807) is 36.4 Å². The number of urea groups is 1. The van der Waals surface area contributed by atoms with Crippen molar-refractivity contribution in [1.82, 2.24) is 10.6 Å². The molecule has 1 fully saturated rings. The molecule has 25 heavy (non-hydrogen) atoms. The minimum atomic E-state index is -0.322. The lowest BCUT2D eigenvalue weighted by molar-refractivity contribution is 0.0951. The number of anilines is 1. The number of benzene rings is 2. The summed E-state index contributed by atoms with van der Waals surface area (Å²) in [6, 6.07) is 12.9. The van der Waals surface area contributed by atoms with Gasteiger partial charge in [0.2, 0.25) is 0 Å². The lowest BCUT2D eigenvalue weighted by Crippen LogP contribution is -2.30. The van der Waals surface area contributed by atoms with Gasteiger partial charge in [0.1, 0.15) is 5.82 Å². The molecule has 5 nitrogen and oxygen atoms in total. The third-order valence-corrected chi connectivity index (χ3v) is 3.93. The van der Waals surface area contributed by atoms with E-state index in [0.29, 0.717) is 30.3 Å². The summed E-state index contributed by atoms with van der Waals surface area (Å²) in [7, 11) is 0. The molecule has 0 unspecified atom stereocenters. The van der Waals surface area contributed by atoms with Crippen LogP contribution in [-0.2, 0) is 6.42 Å². The molecule has 0 atom stereocenters. The molecule has 1 saturated carbocycles. The fourth-order valence-corrected chi connectivity index (χ4v) is 2.35. The fraction of sp³-hybridized carbons (Fsp3) is 0.263. The predicted molar refractivity (Wildman–Crippen MR) is 94.1 cm³/mol. The van der Waals surface area contributed by atoms with Crippen molar-refractivity contribution < 1.29 is 14.0 Å². The number of nitrogens with one attached hydrogen (secondary N) is 3. The van der Waals surface area contributed by atoms with Crippen LogP contribution >= 0.6 is 0 Å². The van der Waals surface area contributed by atoms with Gasteiger partial charge in [0.15, 0.2) is 0 Å². The first-order chi connectivity index (χ1) is 12.1. The second-order valence-corrected chi connectivity index (χ2v) is 6.08. The zero-order chi connectivity index (χ0) is 17.6. The smallest absolute Gasteiger partial charge is 0.319 e. The first-order valence-electron chi connectivity index (χ1n) is 8.30. The Hall–Kier alpha value is -2.89. The average molecular weight is 341 g/mol. The van der Waals surface area contributed by atoms with Crippen molar-refractivity contribution >= 4 is 17.6 Å². The quantitative estimate of drug-likeness (QED) is 0.756. The number of carbonyl (C=O) groups is 2. The Morgan fingerprint density at radius 2 is 1.68 bits per heavy atom. The Bertz CT molecular complexity index is 740. The van der Waals surface area contributed by atoms with E-state index < -0.39 is 0 Å². The molecule has 1 aliphatic carbocycles.